The molecule has 3 aliphatic rings. The van der Waals surface area contributed by atoms with Crippen molar-refractivity contribution < 1.29 is 44.3 Å². The zero-order valence-corrected chi connectivity index (χ0v) is 27.1. The molecule has 4 rings (SSSR count). The van der Waals surface area contributed by atoms with Crippen molar-refractivity contribution in [2.45, 2.75) is 105 Å². The van der Waals surface area contributed by atoms with Gasteiger partial charge in [0.1, 0.15) is 22.8 Å². The fourth-order valence-electron chi connectivity index (χ4n) is 8.22. The topological polar surface area (TPSA) is 158 Å². The summed E-state index contributed by atoms with van der Waals surface area (Å²) < 4.78 is 5.27. The number of phenolic OH excluding ortho intramolecular Hbond substituents is 1. The van der Waals surface area contributed by atoms with Gasteiger partial charge in [-0.3, -0.25) is 19.2 Å². The van der Waals surface area contributed by atoms with E-state index in [4.69, 9.17) is 4.74 Å². The molecule has 44 heavy (non-hydrogen) atoms. The zero-order chi connectivity index (χ0) is 33.1. The van der Waals surface area contributed by atoms with Gasteiger partial charge >= 0.3 is 5.97 Å². The Bertz CT molecular complexity index is 1500. The zero-order valence-electron chi connectivity index (χ0n) is 27.1. The summed E-state index contributed by atoms with van der Waals surface area (Å²) in [6.45, 7) is 14.3. The number of hydrogen-bond acceptors (Lipinski definition) is 9. The molecule has 4 N–H and O–H groups in total. The summed E-state index contributed by atoms with van der Waals surface area (Å²) in [6.07, 6.45) is 2.03. The van der Waals surface area contributed by atoms with Crippen LogP contribution in [-0.4, -0.2) is 56.0 Å². The molecule has 240 valence electrons. The Morgan fingerprint density at radius 1 is 1.09 bits per heavy atom. The lowest BCUT2D eigenvalue weighted by atomic mass is 9.43. The number of hydrogen-bond donors (Lipinski definition) is 4. The Hall–Kier alpha value is -3.46. The predicted molar refractivity (Wildman–Crippen MR) is 164 cm³/mol. The molecule has 1 fully saturated rings. The third-order valence-corrected chi connectivity index (χ3v) is 10.1. The third-order valence-electron chi connectivity index (χ3n) is 10.1. The second kappa shape index (κ2) is 11.5. The number of aromatic hydroxyl groups is 1. The molecule has 9 nitrogen and oxygen atoms in total. The Balaban J connectivity index is 1.94. The minimum Gasteiger partial charge on any atom is -0.508 e. The third kappa shape index (κ3) is 4.78. The van der Waals surface area contributed by atoms with Crippen molar-refractivity contribution in [3.63, 3.8) is 0 Å². The highest BCUT2D eigenvalue weighted by Gasteiger charge is 2.72. The van der Waals surface area contributed by atoms with Crippen LogP contribution < -0.4 is 0 Å². The number of ketones is 3. The maximum Gasteiger partial charge on any atom is 0.306 e. The number of benzene rings is 1. The van der Waals surface area contributed by atoms with Crippen LogP contribution >= 0.6 is 0 Å². The molecule has 0 heterocycles. The van der Waals surface area contributed by atoms with Crippen LogP contribution in [0.3, 0.4) is 0 Å². The van der Waals surface area contributed by atoms with Crippen molar-refractivity contribution in [2.24, 2.45) is 22.7 Å². The molecule has 1 saturated carbocycles. The van der Waals surface area contributed by atoms with Crippen LogP contribution in [0.4, 0.5) is 0 Å². The average Bonchev–Trinajstić information content (AvgIpc) is 2.89. The van der Waals surface area contributed by atoms with Crippen LogP contribution in [0.1, 0.15) is 109 Å². The number of allylic oxidation sites excluding steroid dienone is 1. The van der Waals surface area contributed by atoms with Crippen LogP contribution in [0, 0.1) is 22.7 Å². The summed E-state index contributed by atoms with van der Waals surface area (Å²) in [4.78, 5) is 53.1. The van der Waals surface area contributed by atoms with Crippen LogP contribution in [0.5, 0.6) is 5.75 Å². The van der Waals surface area contributed by atoms with Crippen molar-refractivity contribution in [1.29, 1.82) is 0 Å². The SMILES string of the molecule is CCCCOC(=O)CCc1cc(C(C)C)c2c(c1O)C(O)=C1C(=O)[C@@]3(O)C(O)=C(C(C)=O)C(=O)C(C(C)C)[C@@]3(C)C[C@@]1(C)C2. The van der Waals surface area contributed by atoms with Gasteiger partial charge in [0, 0.05) is 28.7 Å². The summed E-state index contributed by atoms with van der Waals surface area (Å²) in [5, 5.41) is 46.9. The maximum atomic E-state index is 14.5. The normalized spacial score (nSPS) is 28.3. The average molecular weight is 611 g/mol. The number of rotatable bonds is 9. The number of carbonyl (C=O) groups is 4. The molecular weight excluding hydrogens is 564 g/mol. The van der Waals surface area contributed by atoms with E-state index in [2.05, 4.69) is 0 Å². The first-order chi connectivity index (χ1) is 20.4. The largest absolute Gasteiger partial charge is 0.508 e. The molecule has 0 amide bonds. The second-order valence-corrected chi connectivity index (χ2v) is 14.0. The van der Waals surface area contributed by atoms with E-state index >= 15 is 0 Å². The minimum absolute atomic E-state index is 0.0107. The molecular formula is C35H46O9. The van der Waals surface area contributed by atoms with Crippen LogP contribution in [0.15, 0.2) is 23.0 Å². The number of fused-ring (bicyclic) bond motifs is 3. The number of unbranched alkanes of at least 4 members (excludes halogenated alkanes) is 1. The standard InChI is InChI=1S/C35H46O9/c1-9-10-13-44-23(37)12-11-20-14-21(17(2)3)22-15-33(7)16-34(8)26(18(4)5)29(39)24(19(6)36)31(41)35(34,43)32(42)27(33)30(40)25(22)28(20)38/h14,17-18,26,38,40-41,43H,9-13,15-16H2,1-8H3/t26?,33-,34-,35+/m1/s1. The summed E-state index contributed by atoms with van der Waals surface area (Å²) in [6, 6.07) is 1.83. The van der Waals surface area contributed by atoms with Crippen LogP contribution in [-0.2, 0) is 36.8 Å². The van der Waals surface area contributed by atoms with Gasteiger partial charge in [-0.05, 0) is 61.1 Å². The van der Waals surface area contributed by atoms with E-state index in [9.17, 15) is 39.6 Å². The van der Waals surface area contributed by atoms with Gasteiger partial charge in [-0.2, -0.15) is 0 Å². The summed E-state index contributed by atoms with van der Waals surface area (Å²) >= 11 is 0. The molecule has 0 aromatic heterocycles. The fourth-order valence-corrected chi connectivity index (χ4v) is 8.22. The van der Waals surface area contributed by atoms with Gasteiger partial charge in [-0.15, -0.1) is 0 Å². The Kier molecular flexibility index (Phi) is 8.72. The van der Waals surface area contributed by atoms with E-state index in [0.29, 0.717) is 17.7 Å². The Morgan fingerprint density at radius 2 is 1.73 bits per heavy atom. The molecule has 1 aromatic rings. The number of ether oxygens (including phenoxy) is 1. The Labute approximate surface area is 259 Å². The molecule has 1 aromatic carbocycles. The van der Waals surface area contributed by atoms with Crippen molar-refractivity contribution >= 4 is 29.1 Å². The van der Waals surface area contributed by atoms with Gasteiger partial charge in [0.15, 0.2) is 17.2 Å². The molecule has 0 bridgehead atoms. The lowest BCUT2D eigenvalue weighted by Gasteiger charge is -2.60. The van der Waals surface area contributed by atoms with Gasteiger partial charge in [-0.1, -0.05) is 61.0 Å². The molecule has 0 aliphatic heterocycles. The van der Waals surface area contributed by atoms with Gasteiger partial charge < -0.3 is 25.2 Å². The van der Waals surface area contributed by atoms with Crippen molar-refractivity contribution in [3.05, 3.63) is 45.2 Å². The molecule has 0 radical (unpaired) electrons. The molecule has 9 heteroatoms. The maximum absolute atomic E-state index is 14.5. The van der Waals surface area contributed by atoms with Gasteiger partial charge in [0.25, 0.3) is 0 Å². The monoisotopic (exact) mass is 610 g/mol. The Morgan fingerprint density at radius 3 is 2.27 bits per heavy atom. The van der Waals surface area contributed by atoms with E-state index in [-0.39, 0.29) is 54.4 Å². The predicted octanol–water partition coefficient (Wildman–Crippen LogP) is 5.59. The lowest BCUT2D eigenvalue weighted by Crippen LogP contribution is -2.69. The van der Waals surface area contributed by atoms with Gasteiger partial charge in [0.2, 0.25) is 5.78 Å². The van der Waals surface area contributed by atoms with E-state index in [1.54, 1.807) is 27.7 Å². The molecule has 4 atom stereocenters. The van der Waals surface area contributed by atoms with Crippen molar-refractivity contribution in [3.8, 4) is 5.75 Å². The number of carbonyl (C=O) groups excluding carboxylic acids is 4. The molecule has 0 spiro atoms. The fraction of sp³-hybridized carbons (Fsp3) is 0.600. The van der Waals surface area contributed by atoms with Gasteiger partial charge in [0.05, 0.1) is 12.2 Å². The first-order valence-corrected chi connectivity index (χ1v) is 15.6. The lowest BCUT2D eigenvalue weighted by molar-refractivity contribution is -0.178. The number of phenols is 1. The van der Waals surface area contributed by atoms with Gasteiger partial charge in [-0.25, -0.2) is 0 Å². The summed E-state index contributed by atoms with van der Waals surface area (Å²) in [5.74, 6) is -5.96. The second-order valence-electron chi connectivity index (χ2n) is 14.0. The van der Waals surface area contributed by atoms with E-state index in [1.807, 2.05) is 26.8 Å². The smallest absolute Gasteiger partial charge is 0.306 e. The summed E-state index contributed by atoms with van der Waals surface area (Å²) in [7, 11) is 0. The quantitative estimate of drug-likeness (QED) is 0.159. The van der Waals surface area contributed by atoms with Crippen molar-refractivity contribution in [2.75, 3.05) is 6.61 Å². The summed E-state index contributed by atoms with van der Waals surface area (Å²) in [5.41, 5.74) is -4.08. The highest BCUT2D eigenvalue weighted by atomic mass is 16.5. The molecule has 1 unspecified atom stereocenters. The number of aliphatic hydroxyl groups is 3. The minimum atomic E-state index is -2.66. The molecule has 3 aliphatic carbocycles. The van der Waals surface area contributed by atoms with E-state index < -0.39 is 62.8 Å². The highest BCUT2D eigenvalue weighted by molar-refractivity contribution is 6.24. The number of esters is 1. The van der Waals surface area contributed by atoms with Crippen LogP contribution in [0.25, 0.3) is 5.76 Å². The number of Topliss-reactive ketones (excluding diaryl/α,β-unsaturated/α-hetero) is 3. The highest BCUT2D eigenvalue weighted by Crippen LogP contribution is 2.65. The first-order valence-electron chi connectivity index (χ1n) is 15.6. The van der Waals surface area contributed by atoms with Crippen LogP contribution in [0.2, 0.25) is 0 Å². The van der Waals surface area contributed by atoms with E-state index in [1.165, 1.54) is 0 Å². The molecule has 0 saturated heterocycles. The number of aliphatic hydroxyl groups excluding tert-OH is 2. The van der Waals surface area contributed by atoms with E-state index in [0.717, 1.165) is 25.3 Å². The first kappa shape index (κ1) is 33.4. The van der Waals surface area contributed by atoms with Crippen molar-refractivity contribution in [1.82, 2.24) is 0 Å². The number of aryl methyl sites for hydroxylation is 1.